The average molecular weight is 432 g/mol. The van der Waals surface area contributed by atoms with Crippen LogP contribution in [0.4, 0.5) is 5.69 Å². The maximum absolute atomic E-state index is 12.8. The average Bonchev–Trinajstić information content (AvgIpc) is 3.19. The van der Waals surface area contributed by atoms with E-state index in [1.807, 2.05) is 13.8 Å². The number of carbonyl (C=O) groups excluding carboxylic acids is 2. The van der Waals surface area contributed by atoms with Crippen molar-refractivity contribution in [2.24, 2.45) is 5.92 Å². The Labute approximate surface area is 177 Å². The molecule has 2 unspecified atom stereocenters. The lowest BCUT2D eigenvalue weighted by atomic mass is 9.99. The molecule has 0 radical (unpaired) electrons. The molecule has 1 aromatic heterocycles. The van der Waals surface area contributed by atoms with Gasteiger partial charge in [-0.25, -0.2) is 4.79 Å². The van der Waals surface area contributed by atoms with E-state index in [2.05, 4.69) is 10.6 Å². The zero-order chi connectivity index (χ0) is 22.3. The van der Waals surface area contributed by atoms with E-state index in [1.54, 1.807) is 17.5 Å². The SMILES string of the molecule is CC(C)CC(NC(=O)C(CC(=O)O)c1cccs1)C(=O)Nc1ccc(C(=O)O)cc1. The molecule has 160 valence electrons. The fourth-order valence-electron chi connectivity index (χ4n) is 2.89. The van der Waals surface area contributed by atoms with Crippen LogP contribution < -0.4 is 10.6 Å². The number of aliphatic carboxylic acids is 1. The minimum atomic E-state index is -1.10. The normalized spacial score (nSPS) is 12.8. The van der Waals surface area contributed by atoms with Gasteiger partial charge >= 0.3 is 11.9 Å². The minimum absolute atomic E-state index is 0.0903. The maximum atomic E-state index is 12.8. The second-order valence-electron chi connectivity index (χ2n) is 7.23. The number of anilines is 1. The van der Waals surface area contributed by atoms with Gasteiger partial charge in [-0.1, -0.05) is 19.9 Å². The Hall–Kier alpha value is -3.20. The first-order chi connectivity index (χ1) is 14.2. The number of benzene rings is 1. The highest BCUT2D eigenvalue weighted by molar-refractivity contribution is 7.10. The molecular weight excluding hydrogens is 408 g/mol. The van der Waals surface area contributed by atoms with Gasteiger partial charge in [0.1, 0.15) is 6.04 Å². The molecule has 2 rings (SSSR count). The third-order valence-corrected chi connectivity index (χ3v) is 5.31. The molecule has 0 saturated heterocycles. The molecule has 0 aliphatic heterocycles. The van der Waals surface area contributed by atoms with Crippen LogP contribution in [0.1, 0.15) is 47.8 Å². The highest BCUT2D eigenvalue weighted by atomic mass is 32.1. The molecule has 0 aliphatic carbocycles. The van der Waals surface area contributed by atoms with E-state index < -0.39 is 35.7 Å². The van der Waals surface area contributed by atoms with Gasteiger partial charge in [-0.3, -0.25) is 14.4 Å². The van der Waals surface area contributed by atoms with Crippen molar-refractivity contribution in [1.29, 1.82) is 0 Å². The van der Waals surface area contributed by atoms with E-state index in [0.717, 1.165) is 0 Å². The number of hydrogen-bond donors (Lipinski definition) is 4. The van der Waals surface area contributed by atoms with Crippen molar-refractivity contribution in [2.45, 2.75) is 38.6 Å². The zero-order valence-corrected chi connectivity index (χ0v) is 17.4. The summed E-state index contributed by atoms with van der Waals surface area (Å²) in [7, 11) is 0. The zero-order valence-electron chi connectivity index (χ0n) is 16.6. The fraction of sp³-hybridized carbons (Fsp3) is 0.333. The van der Waals surface area contributed by atoms with E-state index in [4.69, 9.17) is 5.11 Å². The molecule has 0 saturated carbocycles. The van der Waals surface area contributed by atoms with Gasteiger partial charge in [0.25, 0.3) is 0 Å². The summed E-state index contributed by atoms with van der Waals surface area (Å²) in [5, 5.41) is 25.3. The monoisotopic (exact) mass is 432 g/mol. The Balaban J connectivity index is 2.15. The maximum Gasteiger partial charge on any atom is 0.335 e. The van der Waals surface area contributed by atoms with E-state index in [0.29, 0.717) is 17.0 Å². The van der Waals surface area contributed by atoms with Crippen molar-refractivity contribution in [3.05, 3.63) is 52.2 Å². The summed E-state index contributed by atoms with van der Waals surface area (Å²) in [6.45, 7) is 3.81. The van der Waals surface area contributed by atoms with Gasteiger partial charge in [0, 0.05) is 10.6 Å². The minimum Gasteiger partial charge on any atom is -0.481 e. The summed E-state index contributed by atoms with van der Waals surface area (Å²) >= 11 is 1.28. The van der Waals surface area contributed by atoms with Gasteiger partial charge < -0.3 is 20.8 Å². The Kier molecular flexibility index (Phi) is 8.11. The highest BCUT2D eigenvalue weighted by Gasteiger charge is 2.29. The number of carbonyl (C=O) groups is 4. The lowest BCUT2D eigenvalue weighted by molar-refractivity contribution is -0.139. The van der Waals surface area contributed by atoms with Crippen molar-refractivity contribution in [1.82, 2.24) is 5.32 Å². The molecule has 30 heavy (non-hydrogen) atoms. The predicted molar refractivity (Wildman–Crippen MR) is 113 cm³/mol. The molecule has 0 bridgehead atoms. The first-order valence-electron chi connectivity index (χ1n) is 9.37. The molecule has 4 N–H and O–H groups in total. The van der Waals surface area contributed by atoms with Crippen LogP contribution in [0.5, 0.6) is 0 Å². The summed E-state index contributed by atoms with van der Waals surface area (Å²) in [6.07, 6.45) is -0.0198. The molecule has 2 aromatic rings. The molecule has 0 spiro atoms. The van der Waals surface area contributed by atoms with Crippen molar-refractivity contribution < 1.29 is 29.4 Å². The smallest absolute Gasteiger partial charge is 0.335 e. The van der Waals surface area contributed by atoms with Crippen LogP contribution in [0.25, 0.3) is 0 Å². The molecule has 1 aromatic carbocycles. The first-order valence-corrected chi connectivity index (χ1v) is 10.2. The number of carboxylic acid groups (broad SMARTS) is 2. The van der Waals surface area contributed by atoms with Crippen molar-refractivity contribution >= 4 is 40.8 Å². The van der Waals surface area contributed by atoms with E-state index >= 15 is 0 Å². The van der Waals surface area contributed by atoms with Crippen molar-refractivity contribution in [3.8, 4) is 0 Å². The van der Waals surface area contributed by atoms with Crippen LogP contribution in [-0.4, -0.2) is 40.0 Å². The first kappa shape index (κ1) is 23.1. The lowest BCUT2D eigenvalue weighted by Crippen LogP contribution is -2.46. The molecular formula is C21H24N2O6S. The number of amides is 2. The number of nitrogens with one attached hydrogen (secondary N) is 2. The molecule has 2 atom stereocenters. The molecule has 0 aliphatic rings. The quantitative estimate of drug-likeness (QED) is 0.456. The Morgan fingerprint density at radius 3 is 2.17 bits per heavy atom. The standard InChI is InChI=1S/C21H24N2O6S/c1-12(2)10-16(20(27)22-14-7-5-13(6-8-14)21(28)29)23-19(26)15(11-18(24)25)17-4-3-9-30-17/h3-9,12,15-16H,10-11H2,1-2H3,(H,22,27)(H,23,26)(H,24,25)(H,28,29). The van der Waals surface area contributed by atoms with Crippen molar-refractivity contribution in [2.75, 3.05) is 5.32 Å². The second kappa shape index (κ2) is 10.5. The largest absolute Gasteiger partial charge is 0.481 e. The van der Waals surface area contributed by atoms with Crippen LogP contribution in [-0.2, 0) is 14.4 Å². The molecule has 8 nitrogen and oxygen atoms in total. The second-order valence-corrected chi connectivity index (χ2v) is 8.21. The van der Waals surface area contributed by atoms with Gasteiger partial charge in [0.15, 0.2) is 0 Å². The van der Waals surface area contributed by atoms with Gasteiger partial charge in [-0.05, 0) is 48.1 Å². The summed E-state index contributed by atoms with van der Waals surface area (Å²) in [6, 6.07) is 8.23. The summed E-state index contributed by atoms with van der Waals surface area (Å²) in [5.41, 5.74) is 0.487. The number of thiophene rings is 1. The van der Waals surface area contributed by atoms with E-state index in [-0.39, 0.29) is 17.9 Å². The van der Waals surface area contributed by atoms with Crippen LogP contribution in [0.3, 0.4) is 0 Å². The topological polar surface area (TPSA) is 133 Å². The number of carboxylic acids is 2. The fourth-order valence-corrected chi connectivity index (χ4v) is 3.71. The Morgan fingerprint density at radius 2 is 1.67 bits per heavy atom. The lowest BCUT2D eigenvalue weighted by Gasteiger charge is -2.23. The van der Waals surface area contributed by atoms with Gasteiger partial charge in [-0.15, -0.1) is 11.3 Å². The van der Waals surface area contributed by atoms with Crippen LogP contribution >= 0.6 is 11.3 Å². The van der Waals surface area contributed by atoms with Crippen LogP contribution in [0.15, 0.2) is 41.8 Å². The summed E-state index contributed by atoms with van der Waals surface area (Å²) in [4.78, 5) is 48.4. The highest BCUT2D eigenvalue weighted by Crippen LogP contribution is 2.25. The Bertz CT molecular complexity index is 893. The van der Waals surface area contributed by atoms with Gasteiger partial charge in [0.2, 0.25) is 11.8 Å². The van der Waals surface area contributed by atoms with Gasteiger partial charge in [0.05, 0.1) is 17.9 Å². The third-order valence-electron chi connectivity index (χ3n) is 4.32. The molecule has 2 amide bonds. The summed E-state index contributed by atoms with van der Waals surface area (Å²) in [5.74, 6) is -3.96. The number of hydrogen-bond acceptors (Lipinski definition) is 5. The number of rotatable bonds is 10. The van der Waals surface area contributed by atoms with Crippen LogP contribution in [0.2, 0.25) is 0 Å². The third kappa shape index (κ3) is 6.70. The molecule has 0 fully saturated rings. The number of aromatic carboxylic acids is 1. The van der Waals surface area contributed by atoms with Crippen molar-refractivity contribution in [3.63, 3.8) is 0 Å². The molecule has 9 heteroatoms. The predicted octanol–water partition coefficient (Wildman–Crippen LogP) is 3.17. The molecule has 1 heterocycles. The van der Waals surface area contributed by atoms with Crippen LogP contribution in [0, 0.1) is 5.92 Å². The summed E-state index contributed by atoms with van der Waals surface area (Å²) < 4.78 is 0. The van der Waals surface area contributed by atoms with E-state index in [9.17, 15) is 24.3 Å². The Morgan fingerprint density at radius 1 is 1.00 bits per heavy atom. The van der Waals surface area contributed by atoms with E-state index in [1.165, 1.54) is 35.6 Å². The van der Waals surface area contributed by atoms with Gasteiger partial charge in [-0.2, -0.15) is 0 Å².